The average molecular weight is 269 g/mol. The molecule has 0 aliphatic carbocycles. The summed E-state index contributed by atoms with van der Waals surface area (Å²) in [6.07, 6.45) is 0.545. The third-order valence-corrected chi connectivity index (χ3v) is 4.20. The van der Waals surface area contributed by atoms with Crippen LogP contribution in [0.1, 0.15) is 13.3 Å². The Bertz CT molecular complexity index is 495. The molecule has 0 radical (unpaired) electrons. The molecular formula is C10H11N3O2S2. The van der Waals surface area contributed by atoms with E-state index in [0.29, 0.717) is 17.4 Å². The predicted molar refractivity (Wildman–Crippen MR) is 67.3 cm³/mol. The molecule has 0 aliphatic heterocycles. The van der Waals surface area contributed by atoms with Crippen molar-refractivity contribution in [3.63, 3.8) is 0 Å². The van der Waals surface area contributed by atoms with E-state index in [9.17, 15) is 4.79 Å². The molecule has 2 aromatic rings. The first-order valence-corrected chi connectivity index (χ1v) is 6.82. The van der Waals surface area contributed by atoms with Crippen molar-refractivity contribution in [3.8, 4) is 10.7 Å². The molecule has 0 saturated heterocycles. The number of aromatic amines is 1. The van der Waals surface area contributed by atoms with Gasteiger partial charge in [0.25, 0.3) is 0 Å². The van der Waals surface area contributed by atoms with Crippen LogP contribution in [0.3, 0.4) is 0 Å². The summed E-state index contributed by atoms with van der Waals surface area (Å²) in [5.41, 5.74) is 0. The number of aromatic nitrogens is 3. The predicted octanol–water partition coefficient (Wildman–Crippen LogP) is 2.49. The molecular weight excluding hydrogens is 258 g/mol. The monoisotopic (exact) mass is 269 g/mol. The molecule has 7 heteroatoms. The number of nitrogens with one attached hydrogen (secondary N) is 1. The van der Waals surface area contributed by atoms with Gasteiger partial charge < -0.3 is 5.11 Å². The van der Waals surface area contributed by atoms with Gasteiger partial charge in [-0.05, 0) is 17.9 Å². The highest BCUT2D eigenvalue weighted by Gasteiger charge is 2.19. The Hall–Kier alpha value is -1.34. The van der Waals surface area contributed by atoms with Crippen LogP contribution in [0.25, 0.3) is 10.7 Å². The van der Waals surface area contributed by atoms with Crippen molar-refractivity contribution >= 4 is 29.1 Å². The number of thioether (sulfide) groups is 1. The minimum absolute atomic E-state index is 0.475. The number of carboxylic acid groups (broad SMARTS) is 1. The Morgan fingerprint density at radius 1 is 1.71 bits per heavy atom. The zero-order valence-electron chi connectivity index (χ0n) is 9.08. The van der Waals surface area contributed by atoms with E-state index in [-0.39, 0.29) is 0 Å². The van der Waals surface area contributed by atoms with Crippen LogP contribution in [0.15, 0.2) is 22.7 Å². The highest BCUT2D eigenvalue weighted by Crippen LogP contribution is 2.26. The van der Waals surface area contributed by atoms with Crippen molar-refractivity contribution in [2.24, 2.45) is 0 Å². The molecule has 0 fully saturated rings. The van der Waals surface area contributed by atoms with Crippen molar-refractivity contribution in [2.45, 2.75) is 23.8 Å². The number of nitrogens with zero attached hydrogens (tertiary/aromatic N) is 2. The van der Waals surface area contributed by atoms with Crippen LogP contribution >= 0.6 is 23.1 Å². The first-order chi connectivity index (χ1) is 8.20. The molecule has 17 heavy (non-hydrogen) atoms. The fourth-order valence-electron chi connectivity index (χ4n) is 1.26. The summed E-state index contributed by atoms with van der Waals surface area (Å²) in [6.45, 7) is 1.83. The van der Waals surface area contributed by atoms with Gasteiger partial charge in [-0.1, -0.05) is 24.8 Å². The maximum Gasteiger partial charge on any atom is 0.317 e. The number of carboxylic acids is 1. The standard InChI is InChI=1S/C10H11N3O2S2/c1-2-6(9(14)15)17-10-11-8(12-13-10)7-4-3-5-16-7/h3-6H,2H2,1H3,(H,14,15)(H,11,12,13). The van der Waals surface area contributed by atoms with E-state index < -0.39 is 11.2 Å². The summed E-state index contributed by atoms with van der Waals surface area (Å²) in [6, 6.07) is 3.87. The normalized spacial score (nSPS) is 12.5. The number of H-pyrrole nitrogens is 1. The zero-order chi connectivity index (χ0) is 12.3. The maximum absolute atomic E-state index is 10.9. The lowest BCUT2D eigenvalue weighted by molar-refractivity contribution is -0.136. The number of rotatable bonds is 5. The van der Waals surface area contributed by atoms with Gasteiger partial charge in [0, 0.05) is 0 Å². The number of hydrogen-bond donors (Lipinski definition) is 2. The summed E-state index contributed by atoms with van der Waals surface area (Å²) in [7, 11) is 0. The van der Waals surface area contributed by atoms with Crippen LogP contribution in [-0.4, -0.2) is 31.5 Å². The summed E-state index contributed by atoms with van der Waals surface area (Å²) in [4.78, 5) is 16.1. The molecule has 2 heterocycles. The van der Waals surface area contributed by atoms with Crippen molar-refractivity contribution in [1.29, 1.82) is 0 Å². The summed E-state index contributed by atoms with van der Waals surface area (Å²) in [5.74, 6) is -0.150. The minimum atomic E-state index is -0.833. The largest absolute Gasteiger partial charge is 0.480 e. The fourth-order valence-corrected chi connectivity index (χ4v) is 2.69. The minimum Gasteiger partial charge on any atom is -0.480 e. The van der Waals surface area contributed by atoms with Gasteiger partial charge in [-0.2, -0.15) is 0 Å². The van der Waals surface area contributed by atoms with Gasteiger partial charge in [0.15, 0.2) is 5.82 Å². The second-order valence-electron chi connectivity index (χ2n) is 3.30. The molecule has 0 aliphatic rings. The van der Waals surface area contributed by atoms with Gasteiger partial charge >= 0.3 is 5.97 Å². The molecule has 90 valence electrons. The van der Waals surface area contributed by atoms with Crippen LogP contribution < -0.4 is 0 Å². The van der Waals surface area contributed by atoms with E-state index in [0.717, 1.165) is 4.88 Å². The summed E-state index contributed by atoms with van der Waals surface area (Å²) < 4.78 is 0. The van der Waals surface area contributed by atoms with Gasteiger partial charge in [-0.15, -0.1) is 16.4 Å². The average Bonchev–Trinajstić information content (AvgIpc) is 2.95. The summed E-state index contributed by atoms with van der Waals surface area (Å²) in [5, 5.41) is 17.7. The van der Waals surface area contributed by atoms with Crippen LogP contribution in [0.2, 0.25) is 0 Å². The number of aliphatic carboxylic acids is 1. The molecule has 1 unspecified atom stereocenters. The van der Waals surface area contributed by atoms with Gasteiger partial charge in [0.1, 0.15) is 5.25 Å². The quantitative estimate of drug-likeness (QED) is 0.815. The molecule has 0 saturated carbocycles. The van der Waals surface area contributed by atoms with E-state index in [2.05, 4.69) is 15.2 Å². The third-order valence-electron chi connectivity index (χ3n) is 2.11. The van der Waals surface area contributed by atoms with Crippen molar-refractivity contribution in [2.75, 3.05) is 0 Å². The number of hydrogen-bond acceptors (Lipinski definition) is 5. The molecule has 2 aromatic heterocycles. The number of carbonyl (C=O) groups is 1. The molecule has 2 rings (SSSR count). The van der Waals surface area contributed by atoms with Crippen LogP contribution in [0.4, 0.5) is 0 Å². The summed E-state index contributed by atoms with van der Waals surface area (Å²) >= 11 is 2.73. The molecule has 0 amide bonds. The van der Waals surface area contributed by atoms with E-state index in [1.54, 1.807) is 11.3 Å². The van der Waals surface area contributed by atoms with Crippen molar-refractivity contribution in [1.82, 2.24) is 15.2 Å². The van der Waals surface area contributed by atoms with Crippen molar-refractivity contribution < 1.29 is 9.90 Å². The Balaban J connectivity index is 2.11. The molecule has 0 aromatic carbocycles. The van der Waals surface area contributed by atoms with E-state index in [1.165, 1.54) is 11.8 Å². The molecule has 5 nitrogen and oxygen atoms in total. The molecule has 0 bridgehead atoms. The number of thiophene rings is 1. The van der Waals surface area contributed by atoms with Gasteiger partial charge in [0.2, 0.25) is 5.16 Å². The SMILES string of the molecule is CCC(Sc1n[nH]c(-c2cccs2)n1)C(=O)O. The zero-order valence-corrected chi connectivity index (χ0v) is 10.7. The van der Waals surface area contributed by atoms with Crippen LogP contribution in [-0.2, 0) is 4.79 Å². The topological polar surface area (TPSA) is 78.9 Å². The van der Waals surface area contributed by atoms with Gasteiger partial charge in [-0.3, -0.25) is 9.89 Å². The van der Waals surface area contributed by atoms with Crippen molar-refractivity contribution in [3.05, 3.63) is 17.5 Å². The van der Waals surface area contributed by atoms with E-state index in [4.69, 9.17) is 5.11 Å². The first-order valence-electron chi connectivity index (χ1n) is 5.06. The molecule has 2 N–H and O–H groups in total. The Kier molecular flexibility index (Phi) is 3.80. The Labute approximate surface area is 106 Å². The van der Waals surface area contributed by atoms with E-state index in [1.807, 2.05) is 24.4 Å². The lowest BCUT2D eigenvalue weighted by atomic mass is 10.3. The lowest BCUT2D eigenvalue weighted by Gasteiger charge is -2.04. The smallest absolute Gasteiger partial charge is 0.317 e. The fraction of sp³-hybridized carbons (Fsp3) is 0.300. The highest BCUT2D eigenvalue weighted by atomic mass is 32.2. The van der Waals surface area contributed by atoms with Gasteiger partial charge in [0.05, 0.1) is 4.88 Å². The maximum atomic E-state index is 10.9. The highest BCUT2D eigenvalue weighted by molar-refractivity contribution is 8.00. The molecule has 0 spiro atoms. The Morgan fingerprint density at radius 2 is 2.53 bits per heavy atom. The Morgan fingerprint density at radius 3 is 3.12 bits per heavy atom. The van der Waals surface area contributed by atoms with Crippen LogP contribution in [0.5, 0.6) is 0 Å². The van der Waals surface area contributed by atoms with Crippen LogP contribution in [0, 0.1) is 0 Å². The second kappa shape index (κ2) is 5.33. The lowest BCUT2D eigenvalue weighted by Crippen LogP contribution is -2.14. The van der Waals surface area contributed by atoms with E-state index >= 15 is 0 Å². The third kappa shape index (κ3) is 2.86. The van der Waals surface area contributed by atoms with Gasteiger partial charge in [-0.25, -0.2) is 4.98 Å². The second-order valence-corrected chi connectivity index (χ2v) is 5.41. The molecule has 1 atom stereocenters. The first kappa shape index (κ1) is 12.1.